The predicted molar refractivity (Wildman–Crippen MR) is 128 cm³/mol. The van der Waals surface area contributed by atoms with Crippen LogP contribution in [0.3, 0.4) is 0 Å². The van der Waals surface area contributed by atoms with Crippen LogP contribution in [0.1, 0.15) is 68.4 Å². The summed E-state index contributed by atoms with van der Waals surface area (Å²) in [4.78, 5) is 4.43. The second-order valence-corrected chi connectivity index (χ2v) is 9.12. The highest BCUT2D eigenvalue weighted by atomic mass is 16.3. The topological polar surface area (TPSA) is 58.3 Å². The highest BCUT2D eigenvalue weighted by Gasteiger charge is 2.38. The minimum Gasteiger partial charge on any atom is -0.393 e. The third kappa shape index (κ3) is 5.12. The van der Waals surface area contributed by atoms with Gasteiger partial charge in [0.2, 0.25) is 0 Å². The Balaban J connectivity index is 1.43. The Bertz CT molecular complexity index is 1080. The number of aliphatic hydroxyl groups is 2. The summed E-state index contributed by atoms with van der Waals surface area (Å²) in [6.07, 6.45) is 8.45. The van der Waals surface area contributed by atoms with Crippen LogP contribution in [-0.2, 0) is 6.42 Å². The van der Waals surface area contributed by atoms with E-state index in [1.165, 1.54) is 11.1 Å². The third-order valence-electron chi connectivity index (χ3n) is 6.37. The van der Waals surface area contributed by atoms with Gasteiger partial charge in [0.1, 0.15) is 11.9 Å². The lowest BCUT2D eigenvalue weighted by atomic mass is 9.69. The Morgan fingerprint density at radius 1 is 1.09 bits per heavy atom. The molecule has 4 heteroatoms. The van der Waals surface area contributed by atoms with E-state index < -0.39 is 5.60 Å². The van der Waals surface area contributed by atoms with Gasteiger partial charge in [-0.1, -0.05) is 61.6 Å². The van der Waals surface area contributed by atoms with Gasteiger partial charge in [0.05, 0.1) is 12.2 Å². The van der Waals surface area contributed by atoms with Crippen molar-refractivity contribution in [3.8, 4) is 23.0 Å². The lowest BCUT2D eigenvalue weighted by molar-refractivity contribution is -0.0313. The normalized spacial score (nSPS) is 20.8. The molecule has 1 atom stereocenters. The van der Waals surface area contributed by atoms with Gasteiger partial charge >= 0.3 is 0 Å². The van der Waals surface area contributed by atoms with E-state index in [0.29, 0.717) is 5.92 Å². The number of aliphatic hydroxyl groups excluding tert-OH is 1. The second kappa shape index (κ2) is 9.73. The SMILES string of the molecule is CCCCc1nccn1[C@@H](C#Cc1ccc(-c2ccc(C3CC(C)(O)C3)cc2)cc1)CO. The number of rotatable bonds is 7. The van der Waals surface area contributed by atoms with Crippen LogP contribution in [0.15, 0.2) is 60.9 Å². The first-order chi connectivity index (χ1) is 15.5. The summed E-state index contributed by atoms with van der Waals surface area (Å²) in [5, 5.41) is 19.8. The van der Waals surface area contributed by atoms with E-state index in [9.17, 15) is 10.2 Å². The molecule has 4 rings (SSSR count). The van der Waals surface area contributed by atoms with Gasteiger partial charge in [-0.25, -0.2) is 4.98 Å². The zero-order valence-corrected chi connectivity index (χ0v) is 19.0. The van der Waals surface area contributed by atoms with Crippen molar-refractivity contribution >= 4 is 0 Å². The number of nitrogens with zero attached hydrogens (tertiary/aromatic N) is 2. The fourth-order valence-corrected chi connectivity index (χ4v) is 4.46. The lowest BCUT2D eigenvalue weighted by Crippen LogP contribution is -2.39. The van der Waals surface area contributed by atoms with Crippen LogP contribution in [0.2, 0.25) is 0 Å². The van der Waals surface area contributed by atoms with E-state index in [-0.39, 0.29) is 12.6 Å². The van der Waals surface area contributed by atoms with Crippen molar-refractivity contribution in [3.63, 3.8) is 0 Å². The van der Waals surface area contributed by atoms with E-state index in [4.69, 9.17) is 0 Å². The second-order valence-electron chi connectivity index (χ2n) is 9.12. The molecular weight excluding hydrogens is 396 g/mol. The molecule has 1 aromatic heterocycles. The fourth-order valence-electron chi connectivity index (χ4n) is 4.46. The minimum absolute atomic E-state index is 0.0383. The van der Waals surface area contributed by atoms with Crippen molar-refractivity contribution in [1.82, 2.24) is 9.55 Å². The summed E-state index contributed by atoms with van der Waals surface area (Å²) in [7, 11) is 0. The molecule has 2 aromatic carbocycles. The minimum atomic E-state index is -0.496. The fraction of sp³-hybridized carbons (Fsp3) is 0.393. The number of unbranched alkanes of at least 4 members (excludes halogenated alkanes) is 1. The van der Waals surface area contributed by atoms with Crippen LogP contribution in [0, 0.1) is 11.8 Å². The van der Waals surface area contributed by atoms with Gasteiger partial charge in [0.25, 0.3) is 0 Å². The Labute approximate surface area is 191 Å². The molecule has 0 bridgehead atoms. The average molecular weight is 429 g/mol. The maximum Gasteiger partial charge on any atom is 0.119 e. The zero-order valence-electron chi connectivity index (χ0n) is 19.0. The maximum atomic E-state index is 9.97. The molecule has 1 fully saturated rings. The van der Waals surface area contributed by atoms with Crippen LogP contribution >= 0.6 is 0 Å². The van der Waals surface area contributed by atoms with Gasteiger partial charge in [0.15, 0.2) is 0 Å². The highest BCUT2D eigenvalue weighted by molar-refractivity contribution is 5.64. The van der Waals surface area contributed by atoms with Gasteiger partial charge in [0, 0.05) is 24.4 Å². The molecule has 4 nitrogen and oxygen atoms in total. The molecule has 0 radical (unpaired) electrons. The van der Waals surface area contributed by atoms with Crippen molar-refractivity contribution in [3.05, 3.63) is 77.9 Å². The number of aromatic nitrogens is 2. The van der Waals surface area contributed by atoms with Crippen LogP contribution < -0.4 is 0 Å². The van der Waals surface area contributed by atoms with Crippen molar-refractivity contribution in [2.24, 2.45) is 0 Å². The summed E-state index contributed by atoms with van der Waals surface area (Å²) in [5.74, 6) is 7.86. The molecule has 0 spiro atoms. The van der Waals surface area contributed by atoms with E-state index in [1.54, 1.807) is 6.20 Å². The molecule has 1 aliphatic rings. The predicted octanol–water partition coefficient (Wildman–Crippen LogP) is 5.11. The first-order valence-electron chi connectivity index (χ1n) is 11.6. The van der Waals surface area contributed by atoms with Gasteiger partial charge in [-0.3, -0.25) is 0 Å². The van der Waals surface area contributed by atoms with Gasteiger partial charge < -0.3 is 14.8 Å². The van der Waals surface area contributed by atoms with Crippen LogP contribution in [0.25, 0.3) is 11.1 Å². The number of hydrogen-bond acceptors (Lipinski definition) is 3. The standard InChI is InChI=1S/C28H32N2O2/c1-3-4-5-27-29-16-17-30(27)26(20-31)15-8-21-6-9-22(10-7-21)23-11-13-24(14-12-23)25-18-28(2,32)19-25/h6-7,9-14,16-17,25-26,31-32H,3-5,18-20H2,1-2H3/t25?,26-,28?/m0/s1. The zero-order chi connectivity index (χ0) is 22.6. The van der Waals surface area contributed by atoms with Crippen LogP contribution in [0.4, 0.5) is 0 Å². The molecule has 32 heavy (non-hydrogen) atoms. The Morgan fingerprint density at radius 2 is 1.75 bits per heavy atom. The first kappa shape index (κ1) is 22.3. The summed E-state index contributed by atoms with van der Waals surface area (Å²) < 4.78 is 1.99. The molecule has 0 saturated heterocycles. The summed E-state index contributed by atoms with van der Waals surface area (Å²) in [6.45, 7) is 4.03. The number of aryl methyl sites for hydroxylation is 1. The quantitative estimate of drug-likeness (QED) is 0.515. The van der Waals surface area contributed by atoms with Gasteiger partial charge in [-0.05, 0) is 60.9 Å². The molecule has 0 unspecified atom stereocenters. The Hall–Kier alpha value is -2.87. The van der Waals surface area contributed by atoms with E-state index in [0.717, 1.165) is 49.1 Å². The van der Waals surface area contributed by atoms with Crippen molar-refractivity contribution in [1.29, 1.82) is 0 Å². The first-order valence-corrected chi connectivity index (χ1v) is 11.6. The largest absolute Gasteiger partial charge is 0.393 e. The molecule has 0 aliphatic heterocycles. The molecular formula is C28H32N2O2. The van der Waals surface area contributed by atoms with Crippen LogP contribution in [0.5, 0.6) is 0 Å². The Morgan fingerprint density at radius 3 is 2.34 bits per heavy atom. The molecule has 1 heterocycles. The summed E-state index contributed by atoms with van der Waals surface area (Å²) in [6, 6.07) is 16.6. The third-order valence-corrected chi connectivity index (χ3v) is 6.37. The number of hydrogen-bond donors (Lipinski definition) is 2. The molecule has 3 aromatic rings. The summed E-state index contributed by atoms with van der Waals surface area (Å²) in [5.41, 5.74) is 4.06. The van der Waals surface area contributed by atoms with Crippen molar-refractivity contribution < 1.29 is 10.2 Å². The van der Waals surface area contributed by atoms with E-state index in [1.807, 2.05) is 29.8 Å². The van der Waals surface area contributed by atoms with Gasteiger partial charge in [-0.2, -0.15) is 0 Å². The van der Waals surface area contributed by atoms with E-state index >= 15 is 0 Å². The van der Waals surface area contributed by atoms with E-state index in [2.05, 4.69) is 60.1 Å². The van der Waals surface area contributed by atoms with Gasteiger partial charge in [-0.15, -0.1) is 0 Å². The number of benzene rings is 2. The summed E-state index contributed by atoms with van der Waals surface area (Å²) >= 11 is 0. The smallest absolute Gasteiger partial charge is 0.119 e. The number of imidazole rings is 1. The highest BCUT2D eigenvalue weighted by Crippen LogP contribution is 2.44. The van der Waals surface area contributed by atoms with Crippen molar-refractivity contribution in [2.75, 3.05) is 6.61 Å². The molecule has 166 valence electrons. The maximum absolute atomic E-state index is 9.97. The molecule has 2 N–H and O–H groups in total. The van der Waals surface area contributed by atoms with Crippen LogP contribution in [-0.4, -0.2) is 32.0 Å². The molecule has 1 aliphatic carbocycles. The van der Waals surface area contributed by atoms with Crippen molar-refractivity contribution in [2.45, 2.75) is 63.5 Å². The lowest BCUT2D eigenvalue weighted by Gasteiger charge is -2.41. The molecule has 1 saturated carbocycles. The monoisotopic (exact) mass is 428 g/mol. The Kier molecular flexibility index (Phi) is 6.79. The average Bonchev–Trinajstić information content (AvgIpc) is 3.25. The molecule has 0 amide bonds.